The molecule has 2 rings (SSSR count). The Bertz CT molecular complexity index is 843. The molecule has 0 saturated heterocycles. The number of nitrogens with one attached hydrogen (secondary N) is 2. The minimum Gasteiger partial charge on any atom is -0.375 e. The molecule has 0 aliphatic carbocycles. The molecule has 2 aromatic rings. The summed E-state index contributed by atoms with van der Waals surface area (Å²) in [6, 6.07) is 7.62. The van der Waals surface area contributed by atoms with Gasteiger partial charge in [0.1, 0.15) is 11.1 Å². The van der Waals surface area contributed by atoms with Crippen molar-refractivity contribution < 1.29 is 9.53 Å². The lowest BCUT2D eigenvalue weighted by Crippen LogP contribution is -2.38. The highest BCUT2D eigenvalue weighted by Gasteiger charge is 2.13. The van der Waals surface area contributed by atoms with Crippen LogP contribution in [0, 0.1) is 0 Å². The maximum Gasteiger partial charge on any atom is 0.251 e. The van der Waals surface area contributed by atoms with E-state index >= 15 is 0 Å². The Labute approximate surface area is 206 Å². The molecular weight excluding hydrogens is 525 g/mol. The van der Waals surface area contributed by atoms with Gasteiger partial charge in [0.05, 0.1) is 18.8 Å². The zero-order chi connectivity index (χ0) is 21.9. The van der Waals surface area contributed by atoms with Gasteiger partial charge in [-0.25, -0.2) is 9.98 Å². The van der Waals surface area contributed by atoms with Gasteiger partial charge in [-0.05, 0) is 38.0 Å². The summed E-state index contributed by atoms with van der Waals surface area (Å²) >= 11 is 1.61. The molecule has 0 spiro atoms. The van der Waals surface area contributed by atoms with Crippen molar-refractivity contribution in [2.24, 2.45) is 4.99 Å². The van der Waals surface area contributed by atoms with Crippen LogP contribution in [-0.2, 0) is 17.8 Å². The normalized spacial score (nSPS) is 12.1. The average Bonchev–Trinajstić information content (AvgIpc) is 3.22. The van der Waals surface area contributed by atoms with Crippen molar-refractivity contribution in [1.29, 1.82) is 0 Å². The summed E-state index contributed by atoms with van der Waals surface area (Å²) in [5, 5.41) is 9.27. The van der Waals surface area contributed by atoms with E-state index in [2.05, 4.69) is 25.9 Å². The zero-order valence-corrected chi connectivity index (χ0v) is 22.1. The average molecular weight is 560 g/mol. The van der Waals surface area contributed by atoms with E-state index in [1.165, 1.54) is 0 Å². The fraction of sp³-hybridized carbons (Fsp3) is 0.500. The van der Waals surface area contributed by atoms with Gasteiger partial charge in [0.15, 0.2) is 5.96 Å². The highest BCUT2D eigenvalue weighted by atomic mass is 127. The number of carbonyl (C=O) groups excluding carboxylic acids is 1. The minimum atomic E-state index is -0.0451. The van der Waals surface area contributed by atoms with Crippen molar-refractivity contribution >= 4 is 47.2 Å². The number of ether oxygens (including phenoxy) is 1. The quantitative estimate of drug-likeness (QED) is 0.259. The fourth-order valence-electron chi connectivity index (χ4n) is 2.79. The van der Waals surface area contributed by atoms with Gasteiger partial charge >= 0.3 is 0 Å². The Morgan fingerprint density at radius 3 is 2.77 bits per heavy atom. The number of methoxy groups -OCH3 is 1. The van der Waals surface area contributed by atoms with Crippen molar-refractivity contribution in [3.05, 3.63) is 51.5 Å². The number of nitrogens with zero attached hydrogens (tertiary/aromatic N) is 3. The zero-order valence-electron chi connectivity index (χ0n) is 19.0. The first-order valence-corrected chi connectivity index (χ1v) is 11.2. The first-order valence-electron chi connectivity index (χ1n) is 10.3. The SMILES string of the molecule is CCCNC(=O)c1cccc(CN=C(NCC)N(C)Cc2csc(C(C)OC)n2)c1.I. The number of guanidine groups is 1. The maximum atomic E-state index is 12.2. The van der Waals surface area contributed by atoms with Crippen LogP contribution in [0.25, 0.3) is 0 Å². The summed E-state index contributed by atoms with van der Waals surface area (Å²) in [6.07, 6.45) is 0.914. The predicted molar refractivity (Wildman–Crippen MR) is 138 cm³/mol. The minimum absolute atomic E-state index is 0. The van der Waals surface area contributed by atoms with E-state index in [4.69, 9.17) is 9.73 Å². The Hall–Kier alpha value is -1.72. The van der Waals surface area contributed by atoms with E-state index in [9.17, 15) is 4.79 Å². The lowest BCUT2D eigenvalue weighted by Gasteiger charge is -2.21. The van der Waals surface area contributed by atoms with Crippen LogP contribution in [0.2, 0.25) is 0 Å². The summed E-state index contributed by atoms with van der Waals surface area (Å²) in [5.74, 6) is 0.754. The molecule has 0 aliphatic rings. The molecule has 1 unspecified atom stereocenters. The van der Waals surface area contributed by atoms with Crippen LogP contribution >= 0.6 is 35.3 Å². The molecule has 7 nitrogen and oxygen atoms in total. The number of hydrogen-bond donors (Lipinski definition) is 2. The Balaban J connectivity index is 0.00000480. The number of hydrogen-bond acceptors (Lipinski definition) is 5. The summed E-state index contributed by atoms with van der Waals surface area (Å²) in [4.78, 5) is 23.7. The Morgan fingerprint density at radius 1 is 1.32 bits per heavy atom. The first kappa shape index (κ1) is 27.3. The molecule has 0 aliphatic heterocycles. The molecule has 31 heavy (non-hydrogen) atoms. The van der Waals surface area contributed by atoms with Gasteiger partial charge in [-0.1, -0.05) is 19.1 Å². The molecule has 1 aromatic heterocycles. The molecule has 0 saturated carbocycles. The number of aliphatic imine (C=N–C) groups is 1. The van der Waals surface area contributed by atoms with Gasteiger partial charge in [-0.15, -0.1) is 35.3 Å². The van der Waals surface area contributed by atoms with E-state index < -0.39 is 0 Å². The van der Waals surface area contributed by atoms with E-state index in [1.807, 2.05) is 52.1 Å². The molecule has 0 fully saturated rings. The van der Waals surface area contributed by atoms with Crippen LogP contribution < -0.4 is 10.6 Å². The number of amides is 1. The largest absolute Gasteiger partial charge is 0.375 e. The molecule has 0 radical (unpaired) electrons. The monoisotopic (exact) mass is 559 g/mol. The summed E-state index contributed by atoms with van der Waals surface area (Å²) in [7, 11) is 3.69. The van der Waals surface area contributed by atoms with E-state index in [0.29, 0.717) is 25.2 Å². The molecule has 1 heterocycles. The van der Waals surface area contributed by atoms with Crippen molar-refractivity contribution in [3.8, 4) is 0 Å². The Morgan fingerprint density at radius 2 is 2.10 bits per heavy atom. The van der Waals surface area contributed by atoms with Crippen molar-refractivity contribution in [1.82, 2.24) is 20.5 Å². The lowest BCUT2D eigenvalue weighted by molar-refractivity contribution is 0.0953. The summed E-state index contributed by atoms with van der Waals surface area (Å²) in [6.45, 7) is 8.67. The molecular formula is C22H34IN5O2S. The van der Waals surface area contributed by atoms with Gasteiger partial charge < -0.3 is 20.3 Å². The number of aromatic nitrogens is 1. The van der Waals surface area contributed by atoms with E-state index in [-0.39, 0.29) is 36.0 Å². The number of benzene rings is 1. The fourth-order valence-corrected chi connectivity index (χ4v) is 3.63. The van der Waals surface area contributed by atoms with Gasteiger partial charge in [0.2, 0.25) is 0 Å². The second-order valence-corrected chi connectivity index (χ2v) is 7.93. The van der Waals surface area contributed by atoms with Crippen LogP contribution in [-0.4, -0.2) is 49.0 Å². The highest BCUT2D eigenvalue weighted by Crippen LogP contribution is 2.21. The summed E-state index contributed by atoms with van der Waals surface area (Å²) in [5.41, 5.74) is 2.64. The standard InChI is InChI=1S/C22H33N5O2S.HI/c1-6-11-24-20(28)18-10-8-9-17(12-18)13-25-22(23-7-2)27(4)14-19-15-30-21(26-19)16(3)29-5;/h8-10,12,15-16H,6-7,11,13-14H2,1-5H3,(H,23,25)(H,24,28);1H. The van der Waals surface area contributed by atoms with Crippen LogP contribution in [0.15, 0.2) is 34.6 Å². The van der Waals surface area contributed by atoms with Gasteiger partial charge in [-0.3, -0.25) is 4.79 Å². The van der Waals surface area contributed by atoms with Crippen molar-refractivity contribution in [2.75, 3.05) is 27.2 Å². The van der Waals surface area contributed by atoms with Crippen LogP contribution in [0.1, 0.15) is 59.9 Å². The van der Waals surface area contributed by atoms with Crippen LogP contribution in [0.5, 0.6) is 0 Å². The smallest absolute Gasteiger partial charge is 0.251 e. The molecule has 1 aromatic carbocycles. The molecule has 1 atom stereocenters. The van der Waals surface area contributed by atoms with E-state index in [1.54, 1.807) is 18.4 Å². The van der Waals surface area contributed by atoms with Crippen molar-refractivity contribution in [2.45, 2.75) is 46.4 Å². The van der Waals surface area contributed by atoms with Crippen molar-refractivity contribution in [3.63, 3.8) is 0 Å². The van der Waals surface area contributed by atoms with E-state index in [0.717, 1.165) is 35.2 Å². The number of carbonyl (C=O) groups is 1. The molecule has 9 heteroatoms. The maximum absolute atomic E-state index is 12.2. The second-order valence-electron chi connectivity index (χ2n) is 7.04. The van der Waals surface area contributed by atoms with Gasteiger partial charge in [0, 0.05) is 38.2 Å². The highest BCUT2D eigenvalue weighted by molar-refractivity contribution is 14.0. The number of halogens is 1. The third-order valence-electron chi connectivity index (χ3n) is 4.50. The predicted octanol–water partition coefficient (Wildman–Crippen LogP) is 4.21. The summed E-state index contributed by atoms with van der Waals surface area (Å²) < 4.78 is 5.35. The second kappa shape index (κ2) is 14.4. The van der Waals surface area contributed by atoms with Crippen LogP contribution in [0.4, 0.5) is 0 Å². The van der Waals surface area contributed by atoms with Gasteiger partial charge in [0.25, 0.3) is 5.91 Å². The number of thiazole rings is 1. The topological polar surface area (TPSA) is 78.9 Å². The Kier molecular flexibility index (Phi) is 12.7. The first-order chi connectivity index (χ1) is 14.5. The third-order valence-corrected chi connectivity index (χ3v) is 5.56. The third kappa shape index (κ3) is 8.74. The number of rotatable bonds is 10. The molecule has 0 bridgehead atoms. The molecule has 172 valence electrons. The van der Waals surface area contributed by atoms with Gasteiger partial charge in [-0.2, -0.15) is 0 Å². The molecule has 1 amide bonds. The van der Waals surface area contributed by atoms with Crippen LogP contribution in [0.3, 0.4) is 0 Å². The molecule has 2 N–H and O–H groups in total. The lowest BCUT2D eigenvalue weighted by atomic mass is 10.1.